The van der Waals surface area contributed by atoms with Gasteiger partial charge >= 0.3 is 5.69 Å². The highest BCUT2D eigenvalue weighted by atomic mass is 19.1. The minimum absolute atomic E-state index is 0.116. The molecule has 0 aromatic heterocycles. The van der Waals surface area contributed by atoms with Crippen molar-refractivity contribution in [3.05, 3.63) is 69.5 Å². The van der Waals surface area contributed by atoms with Gasteiger partial charge < -0.3 is 10.1 Å². The van der Waals surface area contributed by atoms with Crippen LogP contribution in [0.5, 0.6) is 5.75 Å². The molecule has 126 valence electrons. The monoisotopic (exact) mass is 332 g/mol. The molecule has 1 amide bonds. The summed E-state index contributed by atoms with van der Waals surface area (Å²) in [6.07, 6.45) is 0.331. The largest absolute Gasteiger partial charge is 0.487 e. The predicted molar refractivity (Wildman–Crippen MR) is 86.7 cm³/mol. The van der Waals surface area contributed by atoms with E-state index < -0.39 is 10.8 Å². The zero-order valence-corrected chi connectivity index (χ0v) is 13.1. The summed E-state index contributed by atoms with van der Waals surface area (Å²) in [6.45, 7) is 2.23. The summed E-state index contributed by atoms with van der Waals surface area (Å²) in [7, 11) is 0. The quantitative estimate of drug-likeness (QED) is 0.624. The highest BCUT2D eigenvalue weighted by Crippen LogP contribution is 2.27. The molecule has 6 nitrogen and oxygen atoms in total. The predicted octanol–water partition coefficient (Wildman–Crippen LogP) is 3.11. The van der Waals surface area contributed by atoms with Gasteiger partial charge in [-0.1, -0.05) is 18.2 Å². The first-order valence-electron chi connectivity index (χ1n) is 7.45. The van der Waals surface area contributed by atoms with Gasteiger partial charge in [0.1, 0.15) is 5.82 Å². The molecular formula is C17H17FN2O4. The molecule has 0 unspecified atom stereocenters. The van der Waals surface area contributed by atoms with Crippen molar-refractivity contribution in [2.75, 3.05) is 13.2 Å². The first-order valence-corrected chi connectivity index (χ1v) is 7.45. The lowest BCUT2D eigenvalue weighted by molar-refractivity contribution is -0.385. The van der Waals surface area contributed by atoms with E-state index in [4.69, 9.17) is 4.74 Å². The Morgan fingerprint density at radius 3 is 2.71 bits per heavy atom. The van der Waals surface area contributed by atoms with Crippen molar-refractivity contribution in [1.29, 1.82) is 0 Å². The van der Waals surface area contributed by atoms with E-state index in [9.17, 15) is 19.3 Å². The number of nitrogens with one attached hydrogen (secondary N) is 1. The Kier molecular flexibility index (Phi) is 5.83. The molecule has 2 aromatic rings. The molecule has 0 saturated carbocycles. The molecule has 24 heavy (non-hydrogen) atoms. The van der Waals surface area contributed by atoms with Crippen LogP contribution >= 0.6 is 0 Å². The standard InChI is InChI=1S/C17H17FN2O4/c1-2-24-16-8-7-13(11-15(16)20(22)23)17(21)19-10-9-12-5-3-4-6-14(12)18/h3-8,11H,2,9-10H2,1H3,(H,19,21). The molecule has 0 fully saturated rings. The number of nitro groups is 1. The maximum atomic E-state index is 13.5. The molecule has 0 saturated heterocycles. The first-order chi connectivity index (χ1) is 11.5. The van der Waals surface area contributed by atoms with Crippen LogP contribution in [0.4, 0.5) is 10.1 Å². The van der Waals surface area contributed by atoms with E-state index in [2.05, 4.69) is 5.32 Å². The number of hydrogen-bond donors (Lipinski definition) is 1. The van der Waals surface area contributed by atoms with E-state index in [0.717, 1.165) is 0 Å². The van der Waals surface area contributed by atoms with Crippen LogP contribution in [0.25, 0.3) is 0 Å². The molecule has 0 heterocycles. The molecule has 1 N–H and O–H groups in total. The second-order valence-electron chi connectivity index (χ2n) is 4.97. The van der Waals surface area contributed by atoms with Gasteiger partial charge in [-0.25, -0.2) is 4.39 Å². The van der Waals surface area contributed by atoms with Crippen molar-refractivity contribution in [3.63, 3.8) is 0 Å². The van der Waals surface area contributed by atoms with E-state index in [-0.39, 0.29) is 36.0 Å². The number of amides is 1. The average Bonchev–Trinajstić information content (AvgIpc) is 2.57. The second kappa shape index (κ2) is 8.05. The van der Waals surface area contributed by atoms with Gasteiger partial charge in [0.25, 0.3) is 5.91 Å². The Balaban J connectivity index is 2.03. The van der Waals surface area contributed by atoms with Crippen LogP contribution in [0.1, 0.15) is 22.8 Å². The summed E-state index contributed by atoms with van der Waals surface area (Å²) in [5, 5.41) is 13.7. The highest BCUT2D eigenvalue weighted by Gasteiger charge is 2.18. The fraction of sp³-hybridized carbons (Fsp3) is 0.235. The summed E-state index contributed by atoms with van der Waals surface area (Å²) in [6, 6.07) is 10.3. The van der Waals surface area contributed by atoms with E-state index in [1.807, 2.05) is 0 Å². The number of carbonyl (C=O) groups excluding carboxylic acids is 1. The van der Waals surface area contributed by atoms with Crippen molar-refractivity contribution in [3.8, 4) is 5.75 Å². The van der Waals surface area contributed by atoms with E-state index >= 15 is 0 Å². The first kappa shape index (κ1) is 17.4. The lowest BCUT2D eigenvalue weighted by Gasteiger charge is -2.08. The molecule has 7 heteroatoms. The van der Waals surface area contributed by atoms with Gasteiger partial charge in [-0.15, -0.1) is 0 Å². The lowest BCUT2D eigenvalue weighted by Crippen LogP contribution is -2.26. The van der Waals surface area contributed by atoms with Gasteiger partial charge in [-0.2, -0.15) is 0 Å². The molecule has 0 bridgehead atoms. The zero-order chi connectivity index (χ0) is 17.5. The van der Waals surface area contributed by atoms with Crippen molar-refractivity contribution in [2.24, 2.45) is 0 Å². The molecular weight excluding hydrogens is 315 g/mol. The van der Waals surface area contributed by atoms with Gasteiger partial charge in [0.15, 0.2) is 5.75 Å². The van der Waals surface area contributed by atoms with Gasteiger partial charge in [-0.05, 0) is 37.1 Å². The SMILES string of the molecule is CCOc1ccc(C(=O)NCCc2ccccc2F)cc1[N+](=O)[O-]. The number of ether oxygens (including phenoxy) is 1. The van der Waals surface area contributed by atoms with E-state index in [1.54, 1.807) is 25.1 Å². The molecule has 0 radical (unpaired) electrons. The summed E-state index contributed by atoms with van der Waals surface area (Å²) in [4.78, 5) is 22.6. The van der Waals surface area contributed by atoms with Crippen molar-refractivity contribution in [2.45, 2.75) is 13.3 Å². The van der Waals surface area contributed by atoms with Gasteiger partial charge in [-0.3, -0.25) is 14.9 Å². The average molecular weight is 332 g/mol. The Hall–Kier alpha value is -2.96. The van der Waals surface area contributed by atoms with Crippen molar-refractivity contribution >= 4 is 11.6 Å². The van der Waals surface area contributed by atoms with Crippen LogP contribution < -0.4 is 10.1 Å². The third-order valence-electron chi connectivity index (χ3n) is 3.36. The molecule has 0 spiro atoms. The second-order valence-corrected chi connectivity index (χ2v) is 4.97. The highest BCUT2D eigenvalue weighted by molar-refractivity contribution is 5.95. The van der Waals surface area contributed by atoms with Crippen molar-refractivity contribution in [1.82, 2.24) is 5.32 Å². The van der Waals surface area contributed by atoms with Crippen LogP contribution in [0.2, 0.25) is 0 Å². The number of rotatable bonds is 7. The maximum absolute atomic E-state index is 13.5. The smallest absolute Gasteiger partial charge is 0.311 e. The molecule has 0 aliphatic heterocycles. The van der Waals surface area contributed by atoms with Gasteiger partial charge in [0.05, 0.1) is 11.5 Å². The van der Waals surface area contributed by atoms with Crippen LogP contribution in [0, 0.1) is 15.9 Å². The molecule has 0 aliphatic carbocycles. The van der Waals surface area contributed by atoms with Gasteiger partial charge in [0.2, 0.25) is 0 Å². The van der Waals surface area contributed by atoms with Crippen molar-refractivity contribution < 1.29 is 18.8 Å². The fourth-order valence-electron chi connectivity index (χ4n) is 2.19. The number of halogens is 1. The number of nitrogens with zero attached hydrogens (tertiary/aromatic N) is 1. The van der Waals surface area contributed by atoms with Crippen LogP contribution in [0.15, 0.2) is 42.5 Å². The Labute approximate surface area is 138 Å². The summed E-state index contributed by atoms with van der Waals surface area (Å²) >= 11 is 0. The number of nitro benzene ring substituents is 1. The topological polar surface area (TPSA) is 81.5 Å². The van der Waals surface area contributed by atoms with Crippen LogP contribution in [-0.4, -0.2) is 24.0 Å². The fourth-order valence-corrected chi connectivity index (χ4v) is 2.19. The minimum Gasteiger partial charge on any atom is -0.487 e. The summed E-state index contributed by atoms with van der Waals surface area (Å²) < 4.78 is 18.7. The maximum Gasteiger partial charge on any atom is 0.311 e. The Morgan fingerprint density at radius 2 is 2.04 bits per heavy atom. The minimum atomic E-state index is -0.596. The zero-order valence-electron chi connectivity index (χ0n) is 13.1. The normalized spacial score (nSPS) is 10.2. The number of hydrogen-bond acceptors (Lipinski definition) is 4. The number of carbonyl (C=O) groups is 1. The third-order valence-corrected chi connectivity index (χ3v) is 3.36. The molecule has 2 aromatic carbocycles. The Bertz CT molecular complexity index is 749. The molecule has 2 rings (SSSR count). The molecule has 0 aliphatic rings. The molecule has 0 atom stereocenters. The van der Waals surface area contributed by atoms with Crippen LogP contribution in [-0.2, 0) is 6.42 Å². The summed E-state index contributed by atoms with van der Waals surface area (Å²) in [5.41, 5.74) is 0.382. The third kappa shape index (κ3) is 4.28. The van der Waals surface area contributed by atoms with Crippen LogP contribution in [0.3, 0.4) is 0 Å². The van der Waals surface area contributed by atoms with E-state index in [1.165, 1.54) is 24.3 Å². The summed E-state index contributed by atoms with van der Waals surface area (Å²) in [5.74, 6) is -0.675. The lowest BCUT2D eigenvalue weighted by atomic mass is 10.1. The van der Waals surface area contributed by atoms with Gasteiger partial charge in [0, 0.05) is 18.2 Å². The number of benzene rings is 2. The van der Waals surface area contributed by atoms with E-state index in [0.29, 0.717) is 12.0 Å². The Morgan fingerprint density at radius 1 is 1.29 bits per heavy atom.